The molecule has 108 valence electrons. The minimum atomic E-state index is 0.719. The minimum Gasteiger partial charge on any atom is -0.311 e. The SMILES string of the molecule is CC(CC1CC1)NC1C2CCC1Cc1ccccc1C2. The van der Waals surface area contributed by atoms with Crippen LogP contribution in [0.5, 0.6) is 0 Å². The van der Waals surface area contributed by atoms with Crippen LogP contribution in [0.3, 0.4) is 0 Å². The van der Waals surface area contributed by atoms with Crippen molar-refractivity contribution in [1.29, 1.82) is 0 Å². The van der Waals surface area contributed by atoms with Crippen LogP contribution in [0.25, 0.3) is 0 Å². The summed E-state index contributed by atoms with van der Waals surface area (Å²) in [6.45, 7) is 2.41. The van der Waals surface area contributed by atoms with Gasteiger partial charge in [0.15, 0.2) is 0 Å². The molecule has 4 rings (SSSR count). The molecular weight excluding hydrogens is 242 g/mol. The second-order valence-electron chi connectivity index (χ2n) is 7.55. The third-order valence-electron chi connectivity index (χ3n) is 5.87. The van der Waals surface area contributed by atoms with Crippen LogP contribution in [0.1, 0.15) is 50.2 Å². The lowest BCUT2D eigenvalue weighted by atomic mass is 9.94. The molecule has 0 saturated heterocycles. The van der Waals surface area contributed by atoms with Gasteiger partial charge in [-0.05, 0) is 67.9 Å². The molecule has 0 spiro atoms. The first kappa shape index (κ1) is 12.9. The molecule has 0 amide bonds. The first-order valence-electron chi connectivity index (χ1n) is 8.62. The molecule has 2 fully saturated rings. The summed E-state index contributed by atoms with van der Waals surface area (Å²) in [5, 5.41) is 4.03. The summed E-state index contributed by atoms with van der Waals surface area (Å²) in [6, 6.07) is 10.7. The second-order valence-corrected chi connectivity index (χ2v) is 7.55. The van der Waals surface area contributed by atoms with Crippen LogP contribution in [-0.2, 0) is 12.8 Å². The van der Waals surface area contributed by atoms with Gasteiger partial charge in [0, 0.05) is 12.1 Å². The van der Waals surface area contributed by atoms with Gasteiger partial charge in [0.1, 0.15) is 0 Å². The Morgan fingerprint density at radius 1 is 1.00 bits per heavy atom. The van der Waals surface area contributed by atoms with Crippen LogP contribution >= 0.6 is 0 Å². The molecule has 2 bridgehead atoms. The quantitative estimate of drug-likeness (QED) is 0.872. The van der Waals surface area contributed by atoms with E-state index in [1.54, 1.807) is 11.1 Å². The van der Waals surface area contributed by atoms with Crippen molar-refractivity contribution in [2.45, 2.75) is 64.0 Å². The predicted molar refractivity (Wildman–Crippen MR) is 83.8 cm³/mol. The maximum atomic E-state index is 4.03. The fourth-order valence-corrected chi connectivity index (χ4v) is 4.67. The zero-order valence-corrected chi connectivity index (χ0v) is 12.6. The Labute approximate surface area is 123 Å². The minimum absolute atomic E-state index is 0.719. The van der Waals surface area contributed by atoms with Crippen molar-refractivity contribution in [3.8, 4) is 0 Å². The number of nitrogens with one attached hydrogen (secondary N) is 1. The van der Waals surface area contributed by atoms with Crippen LogP contribution in [-0.4, -0.2) is 12.1 Å². The van der Waals surface area contributed by atoms with Crippen molar-refractivity contribution in [3.63, 3.8) is 0 Å². The summed E-state index contributed by atoms with van der Waals surface area (Å²) < 4.78 is 0. The lowest BCUT2D eigenvalue weighted by Crippen LogP contribution is -2.43. The van der Waals surface area contributed by atoms with Crippen molar-refractivity contribution in [2.24, 2.45) is 17.8 Å². The van der Waals surface area contributed by atoms with Crippen LogP contribution in [0.15, 0.2) is 24.3 Å². The number of benzene rings is 1. The van der Waals surface area contributed by atoms with Crippen molar-refractivity contribution < 1.29 is 0 Å². The normalized spacial score (nSPS) is 33.5. The van der Waals surface area contributed by atoms with Gasteiger partial charge in [0.05, 0.1) is 0 Å². The Morgan fingerprint density at radius 3 is 2.15 bits per heavy atom. The Balaban J connectivity index is 1.48. The molecule has 0 aromatic heterocycles. The molecule has 2 saturated carbocycles. The number of rotatable bonds is 4. The molecule has 0 aliphatic heterocycles. The van der Waals surface area contributed by atoms with E-state index in [1.807, 2.05) is 0 Å². The molecule has 1 heteroatoms. The van der Waals surface area contributed by atoms with Gasteiger partial charge in [-0.1, -0.05) is 37.1 Å². The lowest BCUT2D eigenvalue weighted by molar-refractivity contribution is 0.301. The van der Waals surface area contributed by atoms with Gasteiger partial charge < -0.3 is 5.32 Å². The zero-order chi connectivity index (χ0) is 13.5. The number of hydrogen-bond donors (Lipinski definition) is 1. The Hall–Kier alpha value is -0.820. The molecule has 3 aliphatic carbocycles. The maximum Gasteiger partial charge on any atom is 0.0132 e. The predicted octanol–water partition coefficient (Wildman–Crippen LogP) is 3.96. The van der Waals surface area contributed by atoms with E-state index in [0.717, 1.165) is 29.8 Å². The van der Waals surface area contributed by atoms with Crippen molar-refractivity contribution in [2.75, 3.05) is 0 Å². The van der Waals surface area contributed by atoms with Gasteiger partial charge in [0.25, 0.3) is 0 Å². The average molecular weight is 269 g/mol. The van der Waals surface area contributed by atoms with Gasteiger partial charge in [-0.25, -0.2) is 0 Å². The van der Waals surface area contributed by atoms with Crippen LogP contribution < -0.4 is 5.32 Å². The molecule has 0 heterocycles. The second kappa shape index (κ2) is 5.18. The average Bonchev–Trinajstić information content (AvgIpc) is 3.17. The van der Waals surface area contributed by atoms with Crippen molar-refractivity contribution >= 4 is 0 Å². The van der Waals surface area contributed by atoms with Crippen molar-refractivity contribution in [3.05, 3.63) is 35.4 Å². The highest BCUT2D eigenvalue weighted by Gasteiger charge is 2.39. The Morgan fingerprint density at radius 2 is 1.60 bits per heavy atom. The largest absolute Gasteiger partial charge is 0.311 e. The van der Waals surface area contributed by atoms with E-state index < -0.39 is 0 Å². The van der Waals surface area contributed by atoms with Crippen molar-refractivity contribution in [1.82, 2.24) is 5.32 Å². The highest BCUT2D eigenvalue weighted by Crippen LogP contribution is 2.41. The summed E-state index contributed by atoms with van der Waals surface area (Å²) >= 11 is 0. The van der Waals surface area contributed by atoms with Gasteiger partial charge >= 0.3 is 0 Å². The summed E-state index contributed by atoms with van der Waals surface area (Å²) in [4.78, 5) is 0. The molecule has 1 nitrogen and oxygen atoms in total. The monoisotopic (exact) mass is 269 g/mol. The lowest BCUT2D eigenvalue weighted by Gasteiger charge is -2.28. The van der Waals surface area contributed by atoms with Gasteiger partial charge in [-0.15, -0.1) is 0 Å². The highest BCUT2D eigenvalue weighted by molar-refractivity contribution is 5.30. The molecule has 3 unspecified atom stereocenters. The molecule has 3 aliphatic rings. The Bertz CT molecular complexity index is 443. The van der Waals surface area contributed by atoms with E-state index in [0.29, 0.717) is 0 Å². The fourth-order valence-electron chi connectivity index (χ4n) is 4.67. The number of fused-ring (bicyclic) bond motifs is 3. The summed E-state index contributed by atoms with van der Waals surface area (Å²) in [6.07, 6.45) is 9.85. The third-order valence-corrected chi connectivity index (χ3v) is 5.87. The summed E-state index contributed by atoms with van der Waals surface area (Å²) in [5.41, 5.74) is 3.25. The van der Waals surface area contributed by atoms with E-state index in [4.69, 9.17) is 0 Å². The van der Waals surface area contributed by atoms with Crippen LogP contribution in [0.4, 0.5) is 0 Å². The van der Waals surface area contributed by atoms with Crippen LogP contribution in [0.2, 0.25) is 0 Å². The molecule has 20 heavy (non-hydrogen) atoms. The van der Waals surface area contributed by atoms with Gasteiger partial charge in [-0.3, -0.25) is 0 Å². The zero-order valence-electron chi connectivity index (χ0n) is 12.6. The van der Waals surface area contributed by atoms with E-state index in [9.17, 15) is 0 Å². The van der Waals surface area contributed by atoms with E-state index in [2.05, 4.69) is 36.5 Å². The summed E-state index contributed by atoms with van der Waals surface area (Å²) in [7, 11) is 0. The fraction of sp³-hybridized carbons (Fsp3) is 0.684. The number of hydrogen-bond acceptors (Lipinski definition) is 1. The molecule has 1 aromatic rings. The summed E-state index contributed by atoms with van der Waals surface area (Å²) in [5.74, 6) is 2.80. The van der Waals surface area contributed by atoms with Crippen LogP contribution in [0, 0.1) is 17.8 Å². The molecule has 3 atom stereocenters. The van der Waals surface area contributed by atoms with E-state index in [1.165, 1.54) is 44.9 Å². The van der Waals surface area contributed by atoms with E-state index in [-0.39, 0.29) is 0 Å². The highest BCUT2D eigenvalue weighted by atomic mass is 15.0. The van der Waals surface area contributed by atoms with Gasteiger partial charge in [-0.2, -0.15) is 0 Å². The van der Waals surface area contributed by atoms with E-state index >= 15 is 0 Å². The molecule has 1 aromatic carbocycles. The Kier molecular flexibility index (Phi) is 3.34. The topological polar surface area (TPSA) is 12.0 Å². The van der Waals surface area contributed by atoms with Gasteiger partial charge in [0.2, 0.25) is 0 Å². The molecule has 1 N–H and O–H groups in total. The maximum absolute atomic E-state index is 4.03. The smallest absolute Gasteiger partial charge is 0.0132 e. The molecule has 0 radical (unpaired) electrons. The molecular formula is C19H27N. The first-order chi connectivity index (χ1) is 9.79. The third kappa shape index (κ3) is 2.53. The standard InChI is InChI=1S/C19H27N/c1-13(10-14-6-7-14)20-19-17-8-9-18(19)12-16-5-3-2-4-15(16)11-17/h2-5,13-14,17-20H,6-12H2,1H3. The first-order valence-corrected chi connectivity index (χ1v) is 8.62.